The van der Waals surface area contributed by atoms with Gasteiger partial charge in [-0.25, -0.2) is 8.78 Å². The Morgan fingerprint density at radius 2 is 1.33 bits per heavy atom. The molecule has 0 aliphatic rings. The van der Waals surface area contributed by atoms with Gasteiger partial charge in [-0.2, -0.15) is 8.78 Å². The Labute approximate surface area is 209 Å². The monoisotopic (exact) mass is 494 g/mol. The largest absolute Gasteiger partial charge is 0.435 e. The van der Waals surface area contributed by atoms with Gasteiger partial charge in [-0.1, -0.05) is 75.2 Å². The van der Waals surface area contributed by atoms with Gasteiger partial charge in [0.05, 0.1) is 0 Å². The molecular formula is C31H30F4O. The van der Waals surface area contributed by atoms with Gasteiger partial charge in [0.1, 0.15) is 17.4 Å². The molecule has 0 saturated carbocycles. The SMILES string of the molecule is CCCCc1c(-c2ccc(-c3ccc(OC(F)F)cc3)c(F)c2)c(F)c2ccccc2c1CCCC. The molecule has 0 aliphatic heterocycles. The van der Waals surface area contributed by atoms with Crippen LogP contribution in [-0.4, -0.2) is 6.61 Å². The number of ether oxygens (including phenoxy) is 1. The topological polar surface area (TPSA) is 9.23 Å². The van der Waals surface area contributed by atoms with Crippen LogP contribution in [0.5, 0.6) is 5.75 Å². The fourth-order valence-corrected chi connectivity index (χ4v) is 4.81. The molecule has 36 heavy (non-hydrogen) atoms. The maximum absolute atomic E-state index is 16.1. The first-order chi connectivity index (χ1) is 17.4. The molecule has 0 atom stereocenters. The normalized spacial score (nSPS) is 11.4. The van der Waals surface area contributed by atoms with Crippen LogP contribution in [0, 0.1) is 11.6 Å². The van der Waals surface area contributed by atoms with Crippen LogP contribution in [0.25, 0.3) is 33.0 Å². The highest BCUT2D eigenvalue weighted by Gasteiger charge is 2.21. The Bertz CT molecular complexity index is 1330. The maximum Gasteiger partial charge on any atom is 0.387 e. The number of fused-ring (bicyclic) bond motifs is 1. The summed E-state index contributed by atoms with van der Waals surface area (Å²) >= 11 is 0. The van der Waals surface area contributed by atoms with Gasteiger partial charge >= 0.3 is 6.61 Å². The van der Waals surface area contributed by atoms with Crippen LogP contribution in [0.3, 0.4) is 0 Å². The number of unbranched alkanes of at least 4 members (excludes halogenated alkanes) is 2. The number of hydrogen-bond acceptors (Lipinski definition) is 1. The van der Waals surface area contributed by atoms with Crippen molar-refractivity contribution in [2.45, 2.75) is 59.0 Å². The van der Waals surface area contributed by atoms with E-state index in [4.69, 9.17) is 0 Å². The number of aryl methyl sites for hydroxylation is 1. The lowest BCUT2D eigenvalue weighted by atomic mass is 9.85. The van der Waals surface area contributed by atoms with E-state index < -0.39 is 12.4 Å². The second kappa shape index (κ2) is 11.6. The molecular weight excluding hydrogens is 464 g/mol. The predicted octanol–water partition coefficient (Wildman–Crippen LogP) is 9.74. The van der Waals surface area contributed by atoms with Crippen LogP contribution in [0.2, 0.25) is 0 Å². The quantitative estimate of drug-likeness (QED) is 0.199. The standard InChI is InChI=1S/C31H30F4O/c1-3-5-9-24-25-11-7-8-12-27(25)30(33)29(26(24)10-6-4-2)21-15-18-23(28(32)19-21)20-13-16-22(17-14-20)36-31(34)35/h7-8,11-19,31H,3-6,9-10H2,1-2H3. The zero-order valence-corrected chi connectivity index (χ0v) is 20.6. The van der Waals surface area contributed by atoms with Gasteiger partial charge in [0.15, 0.2) is 0 Å². The smallest absolute Gasteiger partial charge is 0.387 e. The van der Waals surface area contributed by atoms with Crippen LogP contribution in [0.1, 0.15) is 50.7 Å². The molecule has 188 valence electrons. The molecule has 0 bridgehead atoms. The lowest BCUT2D eigenvalue weighted by Gasteiger charge is -2.20. The van der Waals surface area contributed by atoms with Crippen molar-refractivity contribution in [2.75, 3.05) is 0 Å². The van der Waals surface area contributed by atoms with Crippen LogP contribution >= 0.6 is 0 Å². The average molecular weight is 495 g/mol. The second-order valence-corrected chi connectivity index (χ2v) is 9.00. The molecule has 0 fully saturated rings. The third-order valence-corrected chi connectivity index (χ3v) is 6.58. The molecule has 0 aromatic heterocycles. The van der Waals surface area contributed by atoms with E-state index in [9.17, 15) is 8.78 Å². The minimum Gasteiger partial charge on any atom is -0.435 e. The number of hydrogen-bond donors (Lipinski definition) is 0. The fourth-order valence-electron chi connectivity index (χ4n) is 4.81. The van der Waals surface area contributed by atoms with Gasteiger partial charge in [0, 0.05) is 16.5 Å². The third kappa shape index (κ3) is 5.40. The summed E-state index contributed by atoms with van der Waals surface area (Å²) in [4.78, 5) is 0. The molecule has 4 aromatic rings. The lowest BCUT2D eigenvalue weighted by Crippen LogP contribution is -2.04. The van der Waals surface area contributed by atoms with Crippen molar-refractivity contribution >= 4 is 10.8 Å². The molecule has 0 spiro atoms. The Hall–Kier alpha value is -3.34. The highest BCUT2D eigenvalue weighted by molar-refractivity contribution is 5.93. The fraction of sp³-hybridized carbons (Fsp3) is 0.290. The zero-order chi connectivity index (χ0) is 25.7. The molecule has 0 radical (unpaired) electrons. The predicted molar refractivity (Wildman–Crippen MR) is 139 cm³/mol. The number of halogens is 4. The van der Waals surface area contributed by atoms with E-state index in [0.29, 0.717) is 27.6 Å². The summed E-state index contributed by atoms with van der Waals surface area (Å²) in [6.07, 6.45) is 5.47. The molecule has 5 heteroatoms. The molecule has 4 aromatic carbocycles. The van der Waals surface area contributed by atoms with Crippen molar-refractivity contribution in [2.24, 2.45) is 0 Å². The van der Waals surface area contributed by atoms with E-state index in [-0.39, 0.29) is 11.6 Å². The number of alkyl halides is 2. The van der Waals surface area contributed by atoms with E-state index in [2.05, 4.69) is 18.6 Å². The first-order valence-electron chi connectivity index (χ1n) is 12.5. The molecule has 0 saturated heterocycles. The summed E-state index contributed by atoms with van der Waals surface area (Å²) in [6, 6.07) is 18.1. The molecule has 4 rings (SSSR count). The summed E-state index contributed by atoms with van der Waals surface area (Å²) < 4.78 is 60.7. The van der Waals surface area contributed by atoms with Gasteiger partial charge in [-0.05, 0) is 71.5 Å². The minimum atomic E-state index is -2.92. The summed E-state index contributed by atoms with van der Waals surface area (Å²) in [5.41, 5.74) is 3.92. The van der Waals surface area contributed by atoms with Gasteiger partial charge in [-0.3, -0.25) is 0 Å². The van der Waals surface area contributed by atoms with E-state index >= 15 is 8.78 Å². The molecule has 0 amide bonds. The van der Waals surface area contributed by atoms with Crippen molar-refractivity contribution in [3.63, 3.8) is 0 Å². The van der Waals surface area contributed by atoms with Crippen molar-refractivity contribution in [3.05, 3.63) is 89.5 Å². The Kier molecular flexibility index (Phi) is 8.29. The Balaban J connectivity index is 1.84. The first kappa shape index (κ1) is 25.7. The zero-order valence-electron chi connectivity index (χ0n) is 20.6. The van der Waals surface area contributed by atoms with Crippen molar-refractivity contribution in [3.8, 4) is 28.0 Å². The van der Waals surface area contributed by atoms with Crippen LogP contribution in [0.15, 0.2) is 66.7 Å². The highest BCUT2D eigenvalue weighted by atomic mass is 19.3. The van der Waals surface area contributed by atoms with Gasteiger partial charge < -0.3 is 4.74 Å². The summed E-state index contributed by atoms with van der Waals surface area (Å²) in [7, 11) is 0. The minimum absolute atomic E-state index is 0.00388. The number of rotatable bonds is 10. The second-order valence-electron chi connectivity index (χ2n) is 9.00. The molecule has 0 heterocycles. The summed E-state index contributed by atoms with van der Waals surface area (Å²) in [5, 5.41) is 1.49. The van der Waals surface area contributed by atoms with E-state index in [0.717, 1.165) is 55.0 Å². The lowest BCUT2D eigenvalue weighted by molar-refractivity contribution is -0.0498. The van der Waals surface area contributed by atoms with Crippen LogP contribution < -0.4 is 4.74 Å². The molecule has 0 N–H and O–H groups in total. The maximum atomic E-state index is 16.1. The van der Waals surface area contributed by atoms with Crippen LogP contribution in [0.4, 0.5) is 17.6 Å². The van der Waals surface area contributed by atoms with Crippen LogP contribution in [-0.2, 0) is 12.8 Å². The van der Waals surface area contributed by atoms with Crippen molar-refractivity contribution in [1.29, 1.82) is 0 Å². The van der Waals surface area contributed by atoms with Crippen molar-refractivity contribution < 1.29 is 22.3 Å². The van der Waals surface area contributed by atoms with E-state index in [1.54, 1.807) is 18.2 Å². The van der Waals surface area contributed by atoms with Gasteiger partial charge in [0.2, 0.25) is 0 Å². The molecule has 0 aliphatic carbocycles. The molecule has 0 unspecified atom stereocenters. The van der Waals surface area contributed by atoms with E-state index in [1.165, 1.54) is 30.3 Å². The first-order valence-corrected chi connectivity index (χ1v) is 12.5. The van der Waals surface area contributed by atoms with Gasteiger partial charge in [-0.15, -0.1) is 0 Å². The Morgan fingerprint density at radius 3 is 1.94 bits per heavy atom. The van der Waals surface area contributed by atoms with E-state index in [1.807, 2.05) is 18.2 Å². The Morgan fingerprint density at radius 1 is 0.722 bits per heavy atom. The third-order valence-electron chi connectivity index (χ3n) is 6.58. The highest BCUT2D eigenvalue weighted by Crippen LogP contribution is 2.39. The summed E-state index contributed by atoms with van der Waals surface area (Å²) in [6.45, 7) is 1.32. The average Bonchev–Trinajstić information content (AvgIpc) is 2.87. The molecule has 1 nitrogen and oxygen atoms in total. The van der Waals surface area contributed by atoms with Gasteiger partial charge in [0.25, 0.3) is 0 Å². The van der Waals surface area contributed by atoms with Crippen molar-refractivity contribution in [1.82, 2.24) is 0 Å². The summed E-state index contributed by atoms with van der Waals surface area (Å²) in [5.74, 6) is -0.819. The number of benzene rings is 4.